The molecule has 3 heteroatoms. The van der Waals surface area contributed by atoms with Crippen LogP contribution < -0.4 is 4.74 Å². The van der Waals surface area contributed by atoms with Crippen LogP contribution in [0.3, 0.4) is 0 Å². The van der Waals surface area contributed by atoms with Crippen molar-refractivity contribution in [3.05, 3.63) is 59.2 Å². The zero-order valence-corrected chi connectivity index (χ0v) is 10.3. The van der Waals surface area contributed by atoms with Gasteiger partial charge in [-0.15, -0.1) is 0 Å². The molecule has 0 spiro atoms. The van der Waals surface area contributed by atoms with Crippen molar-refractivity contribution in [2.75, 3.05) is 0 Å². The van der Waals surface area contributed by atoms with E-state index < -0.39 is 5.97 Å². The topological polar surface area (TPSA) is 46.5 Å². The van der Waals surface area contributed by atoms with Crippen LogP contribution in [-0.2, 0) is 0 Å². The third-order valence-electron chi connectivity index (χ3n) is 2.62. The summed E-state index contributed by atoms with van der Waals surface area (Å²) < 4.78 is 5.20. The summed E-state index contributed by atoms with van der Waals surface area (Å²) in [5.41, 5.74) is 1.82. The highest BCUT2D eigenvalue weighted by Gasteiger charge is 2.16. The molecule has 0 bridgehead atoms. The van der Waals surface area contributed by atoms with Gasteiger partial charge in [0.15, 0.2) is 0 Å². The van der Waals surface area contributed by atoms with Crippen molar-refractivity contribution >= 4 is 5.97 Å². The maximum atomic E-state index is 12.0. The number of ether oxygens (including phenoxy) is 1. The molecule has 0 aliphatic carbocycles. The second kappa shape index (κ2) is 4.92. The first kappa shape index (κ1) is 12.2. The van der Waals surface area contributed by atoms with Crippen LogP contribution in [0.5, 0.6) is 11.5 Å². The number of aromatic hydroxyl groups is 1. The van der Waals surface area contributed by atoms with E-state index in [0.717, 1.165) is 5.56 Å². The van der Waals surface area contributed by atoms with Gasteiger partial charge in [0, 0.05) is 0 Å². The van der Waals surface area contributed by atoms with E-state index in [9.17, 15) is 9.90 Å². The SMILES string of the molecule is Cc1cc(C)c(C(=O)Oc2ccccc2)c(O)c1. The van der Waals surface area contributed by atoms with E-state index in [2.05, 4.69) is 0 Å². The molecule has 2 aromatic carbocycles. The fourth-order valence-corrected chi connectivity index (χ4v) is 1.86. The molecule has 0 saturated heterocycles. The standard InChI is InChI=1S/C15H14O3/c1-10-8-11(2)14(13(16)9-10)15(17)18-12-6-4-3-5-7-12/h3-9,16H,1-2H3. The van der Waals surface area contributed by atoms with Crippen LogP contribution in [0.4, 0.5) is 0 Å². The molecule has 0 unspecified atom stereocenters. The Morgan fingerprint density at radius 1 is 1.11 bits per heavy atom. The molecule has 0 aliphatic rings. The van der Waals surface area contributed by atoms with Crippen LogP contribution in [0, 0.1) is 13.8 Å². The molecule has 0 saturated carbocycles. The first-order chi connectivity index (χ1) is 8.58. The summed E-state index contributed by atoms with van der Waals surface area (Å²) in [5, 5.41) is 9.82. The minimum absolute atomic E-state index is 0.0477. The van der Waals surface area contributed by atoms with Gasteiger partial charge in [-0.1, -0.05) is 24.3 Å². The lowest BCUT2D eigenvalue weighted by Gasteiger charge is -2.09. The highest BCUT2D eigenvalue weighted by atomic mass is 16.5. The maximum absolute atomic E-state index is 12.0. The Balaban J connectivity index is 2.30. The normalized spacial score (nSPS) is 10.1. The fourth-order valence-electron chi connectivity index (χ4n) is 1.86. The van der Waals surface area contributed by atoms with Gasteiger partial charge in [0.1, 0.15) is 17.1 Å². The Labute approximate surface area is 106 Å². The second-order valence-electron chi connectivity index (χ2n) is 4.18. The van der Waals surface area contributed by atoms with Gasteiger partial charge < -0.3 is 9.84 Å². The molecule has 0 aliphatic heterocycles. The quantitative estimate of drug-likeness (QED) is 0.649. The second-order valence-corrected chi connectivity index (χ2v) is 4.18. The number of rotatable bonds is 2. The van der Waals surface area contributed by atoms with E-state index in [0.29, 0.717) is 11.3 Å². The number of carbonyl (C=O) groups excluding carboxylic acids is 1. The van der Waals surface area contributed by atoms with Gasteiger partial charge in [0.25, 0.3) is 0 Å². The van der Waals surface area contributed by atoms with Crippen molar-refractivity contribution in [3.63, 3.8) is 0 Å². The molecule has 3 nitrogen and oxygen atoms in total. The molecule has 2 rings (SSSR count). The molecule has 18 heavy (non-hydrogen) atoms. The molecule has 0 amide bonds. The minimum Gasteiger partial charge on any atom is -0.507 e. The van der Waals surface area contributed by atoms with Gasteiger partial charge in [-0.3, -0.25) is 0 Å². The number of benzene rings is 2. The zero-order valence-electron chi connectivity index (χ0n) is 10.3. The molecule has 1 N–H and O–H groups in total. The first-order valence-electron chi connectivity index (χ1n) is 5.65. The van der Waals surface area contributed by atoms with E-state index in [-0.39, 0.29) is 11.3 Å². The van der Waals surface area contributed by atoms with Crippen LogP contribution in [0.1, 0.15) is 21.5 Å². The Morgan fingerprint density at radius 3 is 2.39 bits per heavy atom. The van der Waals surface area contributed by atoms with Crippen LogP contribution >= 0.6 is 0 Å². The first-order valence-corrected chi connectivity index (χ1v) is 5.65. The molecule has 0 atom stereocenters. The van der Waals surface area contributed by atoms with Crippen LogP contribution in [-0.4, -0.2) is 11.1 Å². The predicted octanol–water partition coefficient (Wildman–Crippen LogP) is 3.23. The summed E-state index contributed by atoms with van der Waals surface area (Å²) in [6, 6.07) is 12.2. The number of carbonyl (C=O) groups is 1. The number of aryl methyl sites for hydroxylation is 2. The average molecular weight is 242 g/mol. The summed E-state index contributed by atoms with van der Waals surface area (Å²) in [6.07, 6.45) is 0. The van der Waals surface area contributed by atoms with Crippen molar-refractivity contribution in [3.8, 4) is 11.5 Å². The van der Waals surface area contributed by atoms with Crippen molar-refractivity contribution in [1.82, 2.24) is 0 Å². The van der Waals surface area contributed by atoms with Crippen molar-refractivity contribution in [1.29, 1.82) is 0 Å². The summed E-state index contributed by atoms with van der Waals surface area (Å²) in [6.45, 7) is 3.63. The van der Waals surface area contributed by atoms with E-state index in [1.54, 1.807) is 37.3 Å². The molecule has 0 heterocycles. The lowest BCUT2D eigenvalue weighted by atomic mass is 10.0. The van der Waals surface area contributed by atoms with Crippen molar-refractivity contribution < 1.29 is 14.6 Å². The molecule has 2 aromatic rings. The van der Waals surface area contributed by atoms with Crippen molar-refractivity contribution in [2.45, 2.75) is 13.8 Å². The van der Waals surface area contributed by atoms with Crippen LogP contribution in [0.2, 0.25) is 0 Å². The highest BCUT2D eigenvalue weighted by Crippen LogP contribution is 2.24. The number of para-hydroxylation sites is 1. The van der Waals surface area contributed by atoms with Gasteiger partial charge in [0.2, 0.25) is 0 Å². The Kier molecular flexibility index (Phi) is 3.33. The van der Waals surface area contributed by atoms with E-state index in [1.807, 2.05) is 19.1 Å². The lowest BCUT2D eigenvalue weighted by molar-refractivity contribution is 0.0731. The molecule has 0 radical (unpaired) electrons. The predicted molar refractivity (Wildman–Crippen MR) is 69.0 cm³/mol. The van der Waals surface area contributed by atoms with Gasteiger partial charge in [-0.2, -0.15) is 0 Å². The number of phenols is 1. The fraction of sp³-hybridized carbons (Fsp3) is 0.133. The maximum Gasteiger partial charge on any atom is 0.347 e. The smallest absolute Gasteiger partial charge is 0.347 e. The van der Waals surface area contributed by atoms with Gasteiger partial charge >= 0.3 is 5.97 Å². The summed E-state index contributed by atoms with van der Waals surface area (Å²) in [7, 11) is 0. The lowest BCUT2D eigenvalue weighted by Crippen LogP contribution is -2.10. The average Bonchev–Trinajstić information content (AvgIpc) is 2.28. The molecule has 0 fully saturated rings. The minimum atomic E-state index is -0.545. The Bertz CT molecular complexity index is 551. The number of phenolic OH excluding ortho intramolecular Hbond substituents is 1. The van der Waals surface area contributed by atoms with Crippen LogP contribution in [0.15, 0.2) is 42.5 Å². The van der Waals surface area contributed by atoms with E-state index in [4.69, 9.17) is 4.74 Å². The van der Waals surface area contributed by atoms with Gasteiger partial charge in [-0.05, 0) is 43.2 Å². The van der Waals surface area contributed by atoms with Crippen LogP contribution in [0.25, 0.3) is 0 Å². The molecule has 0 aromatic heterocycles. The highest BCUT2D eigenvalue weighted by molar-refractivity contribution is 5.95. The number of hydrogen-bond donors (Lipinski definition) is 1. The monoisotopic (exact) mass is 242 g/mol. The largest absolute Gasteiger partial charge is 0.507 e. The molecular weight excluding hydrogens is 228 g/mol. The van der Waals surface area contributed by atoms with Gasteiger partial charge in [0.05, 0.1) is 0 Å². The van der Waals surface area contributed by atoms with E-state index in [1.165, 1.54) is 0 Å². The van der Waals surface area contributed by atoms with Crippen molar-refractivity contribution in [2.24, 2.45) is 0 Å². The third kappa shape index (κ3) is 2.51. The zero-order chi connectivity index (χ0) is 13.1. The third-order valence-corrected chi connectivity index (χ3v) is 2.62. The van der Waals surface area contributed by atoms with E-state index >= 15 is 0 Å². The van der Waals surface area contributed by atoms with Gasteiger partial charge in [-0.25, -0.2) is 4.79 Å². The number of hydrogen-bond acceptors (Lipinski definition) is 3. The molecule has 92 valence electrons. The summed E-state index contributed by atoms with van der Waals surface area (Å²) >= 11 is 0. The summed E-state index contributed by atoms with van der Waals surface area (Å²) in [4.78, 5) is 12.0. The number of esters is 1. The Hall–Kier alpha value is -2.29. The Morgan fingerprint density at radius 2 is 1.78 bits per heavy atom. The molecular formula is C15H14O3. The summed E-state index contributed by atoms with van der Waals surface area (Å²) in [5.74, 6) is -0.133.